The summed E-state index contributed by atoms with van der Waals surface area (Å²) < 4.78 is 0. The van der Waals surface area contributed by atoms with Crippen molar-refractivity contribution < 1.29 is 0 Å². The Morgan fingerprint density at radius 1 is 0.588 bits per heavy atom. The predicted molar refractivity (Wildman–Crippen MR) is 296 cm³/mol. The molecule has 5 unspecified atom stereocenters. The van der Waals surface area contributed by atoms with E-state index in [1.165, 1.54) is 147 Å². The number of rotatable bonds is 14. The molecule has 2 saturated carbocycles. The molecule has 3 aliphatic rings. The largest absolute Gasteiger partial charge is 0.309 e. The van der Waals surface area contributed by atoms with E-state index >= 15 is 0 Å². The Balaban J connectivity index is 1.42. The molecule has 0 heterocycles. The first kappa shape index (κ1) is 48.0. The average molecular weight is 903 g/mol. The van der Waals surface area contributed by atoms with Gasteiger partial charge in [-0.25, -0.2) is 0 Å². The van der Waals surface area contributed by atoms with Crippen molar-refractivity contribution in [1.82, 2.24) is 0 Å². The quantitative estimate of drug-likeness (QED) is 0.101. The fourth-order valence-electron chi connectivity index (χ4n) is 13.2. The fraction of sp³-hybridized carbons (Fsp3) is 0.455. The van der Waals surface area contributed by atoms with Gasteiger partial charge in [-0.1, -0.05) is 167 Å². The van der Waals surface area contributed by atoms with Gasteiger partial charge in [0, 0.05) is 44.0 Å². The molecule has 2 nitrogen and oxygen atoms in total. The molecule has 6 aromatic carbocycles. The molecule has 0 spiro atoms. The van der Waals surface area contributed by atoms with Gasteiger partial charge in [0.15, 0.2) is 0 Å². The first-order valence-electron chi connectivity index (χ1n) is 27.1. The van der Waals surface area contributed by atoms with Crippen LogP contribution >= 0.6 is 0 Å². The highest BCUT2D eigenvalue weighted by molar-refractivity contribution is 6.08. The molecule has 2 fully saturated rings. The van der Waals surface area contributed by atoms with Gasteiger partial charge in [0.05, 0.1) is 11.4 Å². The second-order valence-corrected chi connectivity index (χ2v) is 22.8. The Labute approximate surface area is 411 Å². The Morgan fingerprint density at radius 2 is 1.16 bits per heavy atom. The van der Waals surface area contributed by atoms with Crippen LogP contribution in [0.15, 0.2) is 115 Å². The third-order valence-corrected chi connectivity index (χ3v) is 17.1. The summed E-state index contributed by atoms with van der Waals surface area (Å²) in [4.78, 5) is 5.29. The van der Waals surface area contributed by atoms with E-state index in [0.29, 0.717) is 29.6 Å². The van der Waals surface area contributed by atoms with Crippen molar-refractivity contribution in [2.45, 2.75) is 164 Å². The highest BCUT2D eigenvalue weighted by Crippen LogP contribution is 2.50. The minimum Gasteiger partial charge on any atom is -0.309 e. The van der Waals surface area contributed by atoms with E-state index in [0.717, 1.165) is 24.7 Å². The maximum absolute atomic E-state index is 2.78. The Bertz CT molecular complexity index is 2800. The standard InChI is InChI=1S/C66H82N2/c1-11-50-36-48(9)42-66(12-2,43-50)55-29-35-61-63(41-55)65(68(59-23-17-19-47(8)38-59)57-32-26-53(27-33-57)45(5)6)62-40-54(49(10)39-51-20-14-13-15-21-51)28-34-60(62)64(61)67(58-22-16-18-46(7)37-58)56-30-24-52(25-31-56)44(3)4/h16-19,22-27,29-35,37-38,40-41,44-45,48-51,54H,11-15,20-21,28,36,39,42-43H2,1-10H3. The zero-order chi connectivity index (χ0) is 47.7. The van der Waals surface area contributed by atoms with Crippen molar-refractivity contribution in [3.8, 4) is 0 Å². The molecule has 0 aromatic heterocycles. The zero-order valence-electron chi connectivity index (χ0n) is 43.5. The molecule has 0 amide bonds. The zero-order valence-corrected chi connectivity index (χ0v) is 43.5. The lowest BCUT2D eigenvalue weighted by molar-refractivity contribution is 0.160. The van der Waals surface area contributed by atoms with Crippen molar-refractivity contribution >= 4 is 57.0 Å². The monoisotopic (exact) mass is 903 g/mol. The third-order valence-electron chi connectivity index (χ3n) is 17.1. The Morgan fingerprint density at radius 3 is 1.69 bits per heavy atom. The maximum atomic E-state index is 2.78. The summed E-state index contributed by atoms with van der Waals surface area (Å²) in [6, 6.07) is 45.4. The summed E-state index contributed by atoms with van der Waals surface area (Å²) in [5.41, 5.74) is 14.4. The second kappa shape index (κ2) is 20.5. The lowest BCUT2D eigenvalue weighted by Crippen LogP contribution is -2.39. The van der Waals surface area contributed by atoms with Crippen LogP contribution in [-0.2, 0) is 5.41 Å². The molecule has 2 heteroatoms. The van der Waals surface area contributed by atoms with Gasteiger partial charge < -0.3 is 9.80 Å². The molecule has 0 N–H and O–H groups in total. The number of nitrogens with zero attached hydrogens (tertiary/aromatic N) is 2. The van der Waals surface area contributed by atoms with E-state index in [4.69, 9.17) is 0 Å². The van der Waals surface area contributed by atoms with Gasteiger partial charge in [-0.2, -0.15) is 0 Å². The van der Waals surface area contributed by atoms with Crippen molar-refractivity contribution in [3.05, 3.63) is 154 Å². The molecular weight excluding hydrogens is 821 g/mol. The molecule has 0 aliphatic heterocycles. The lowest BCUT2D eigenvalue weighted by atomic mass is 9.61. The predicted octanol–water partition coefficient (Wildman–Crippen LogP) is 18.3. The highest BCUT2D eigenvalue weighted by atomic mass is 15.2. The molecule has 6 aromatic rings. The fourth-order valence-corrected chi connectivity index (χ4v) is 13.2. The number of hydrogen-bond donors (Lipinski definition) is 0. The van der Waals surface area contributed by atoms with Crippen LogP contribution in [-0.4, -0.2) is 0 Å². The molecular formula is C66H82N2. The molecule has 9 rings (SSSR count). The SMILES string of the molecule is CCC1CC(C)CC(CC)(c2ccc3c(N(c4ccc(C(C)C)cc4)c4cccc(C)c4)c4c(c(N(c5ccc(C(C)C)cc5)c5cccc(C)c5)c3c2)=CC(C(C)CC2CCCCC2)CC=4)C1. The first-order valence-corrected chi connectivity index (χ1v) is 27.1. The van der Waals surface area contributed by atoms with Crippen molar-refractivity contribution in [2.75, 3.05) is 9.80 Å². The van der Waals surface area contributed by atoms with Gasteiger partial charge in [0.25, 0.3) is 0 Å². The third kappa shape index (κ3) is 9.73. The molecule has 68 heavy (non-hydrogen) atoms. The highest BCUT2D eigenvalue weighted by Gasteiger charge is 2.39. The molecule has 3 aliphatic carbocycles. The van der Waals surface area contributed by atoms with Crippen molar-refractivity contribution in [1.29, 1.82) is 0 Å². The van der Waals surface area contributed by atoms with E-state index < -0.39 is 0 Å². The number of hydrogen-bond acceptors (Lipinski definition) is 2. The van der Waals surface area contributed by atoms with E-state index in [9.17, 15) is 0 Å². The minimum absolute atomic E-state index is 0.128. The molecule has 0 saturated heterocycles. The van der Waals surface area contributed by atoms with Crippen molar-refractivity contribution in [3.63, 3.8) is 0 Å². The topological polar surface area (TPSA) is 6.48 Å². The summed E-state index contributed by atoms with van der Waals surface area (Å²) in [5, 5.41) is 5.41. The molecule has 356 valence electrons. The van der Waals surface area contributed by atoms with Gasteiger partial charge in [-0.3, -0.25) is 0 Å². The minimum atomic E-state index is 0.128. The molecule has 0 radical (unpaired) electrons. The van der Waals surface area contributed by atoms with E-state index in [-0.39, 0.29) is 5.41 Å². The van der Waals surface area contributed by atoms with Crippen LogP contribution in [0, 0.1) is 43.4 Å². The first-order chi connectivity index (χ1) is 32.9. The molecule has 0 bridgehead atoms. The van der Waals surface area contributed by atoms with Crippen LogP contribution < -0.4 is 20.2 Å². The van der Waals surface area contributed by atoms with E-state index in [1.54, 1.807) is 0 Å². The van der Waals surface area contributed by atoms with Crippen LogP contribution in [0.2, 0.25) is 0 Å². The van der Waals surface area contributed by atoms with Crippen LogP contribution in [0.4, 0.5) is 34.1 Å². The second-order valence-electron chi connectivity index (χ2n) is 22.8. The smallest absolute Gasteiger partial charge is 0.0616 e. The summed E-state index contributed by atoms with van der Waals surface area (Å²) in [6.07, 6.45) is 21.1. The maximum Gasteiger partial charge on any atom is 0.0616 e. The van der Waals surface area contributed by atoms with Crippen LogP contribution in [0.3, 0.4) is 0 Å². The summed E-state index contributed by atoms with van der Waals surface area (Å²) in [7, 11) is 0. The number of benzene rings is 6. The number of aryl methyl sites for hydroxylation is 2. The van der Waals surface area contributed by atoms with Crippen LogP contribution in [0.25, 0.3) is 22.9 Å². The molecule has 5 atom stereocenters. The van der Waals surface area contributed by atoms with E-state index in [2.05, 4.69) is 206 Å². The Kier molecular flexibility index (Phi) is 14.4. The summed E-state index contributed by atoms with van der Waals surface area (Å²) in [5.74, 6) is 4.24. The van der Waals surface area contributed by atoms with Gasteiger partial charge in [0.1, 0.15) is 0 Å². The van der Waals surface area contributed by atoms with Gasteiger partial charge in [0.2, 0.25) is 0 Å². The summed E-state index contributed by atoms with van der Waals surface area (Å²) >= 11 is 0. The van der Waals surface area contributed by atoms with Crippen LogP contribution in [0.1, 0.15) is 172 Å². The normalized spacial score (nSPS) is 21.3. The lowest BCUT2D eigenvalue weighted by Gasteiger charge is -2.44. The van der Waals surface area contributed by atoms with Crippen LogP contribution in [0.5, 0.6) is 0 Å². The van der Waals surface area contributed by atoms with Gasteiger partial charge in [-0.15, -0.1) is 0 Å². The average Bonchev–Trinajstić information content (AvgIpc) is 3.34. The Hall–Kier alpha value is -5.08. The van der Waals surface area contributed by atoms with E-state index in [1.807, 2.05) is 0 Å². The van der Waals surface area contributed by atoms with Crippen molar-refractivity contribution in [2.24, 2.45) is 29.6 Å². The van der Waals surface area contributed by atoms with Gasteiger partial charge >= 0.3 is 0 Å². The number of anilines is 6. The number of fused-ring (bicyclic) bond motifs is 2. The van der Waals surface area contributed by atoms with Gasteiger partial charge in [-0.05, 0) is 182 Å². The summed E-state index contributed by atoms with van der Waals surface area (Å²) in [6.45, 7) is 23.7.